The van der Waals surface area contributed by atoms with Crippen LogP contribution < -0.4 is 11.1 Å². The minimum Gasteiger partial charge on any atom is -0.388 e. The highest BCUT2D eigenvalue weighted by atomic mass is 32.1. The number of nitrogen functional groups attached to an aromatic ring is 1. The lowest BCUT2D eigenvalue weighted by molar-refractivity contribution is -0.115. The van der Waals surface area contributed by atoms with Crippen molar-refractivity contribution < 1.29 is 23.6 Å². The molecule has 0 aliphatic carbocycles. The highest BCUT2D eigenvalue weighted by molar-refractivity contribution is 7.13. The second kappa shape index (κ2) is 10.2. The average Bonchev–Trinajstić information content (AvgIpc) is 3.18. The normalized spacial score (nSPS) is 17.9. The number of hydrogen-bond acceptors (Lipinski definition) is 5. The van der Waals surface area contributed by atoms with Gasteiger partial charge in [0.1, 0.15) is 0 Å². The third-order valence-corrected chi connectivity index (χ3v) is 4.55. The molecule has 152 valence electrons. The first-order valence-corrected chi connectivity index (χ1v) is 9.80. The predicted octanol–water partition coefficient (Wildman–Crippen LogP) is 4.66. The Bertz CT molecular complexity index is 1390. The molecule has 6 heteroatoms. The summed E-state index contributed by atoms with van der Waals surface area (Å²) < 4.78 is 81.2. The predicted molar refractivity (Wildman–Crippen MR) is 119 cm³/mol. The van der Waals surface area contributed by atoms with Crippen molar-refractivity contribution in [1.82, 2.24) is 4.98 Å². The zero-order valence-corrected chi connectivity index (χ0v) is 16.6. The molecular formula is C23H27N3O2S. The van der Waals surface area contributed by atoms with E-state index in [9.17, 15) is 9.90 Å². The summed E-state index contributed by atoms with van der Waals surface area (Å²) in [6.07, 6.45) is -2.54. The number of thiazole rings is 1. The van der Waals surface area contributed by atoms with Crippen LogP contribution in [0.1, 0.15) is 61.4 Å². The quantitative estimate of drug-likeness (QED) is 0.440. The Morgan fingerprint density at radius 2 is 1.97 bits per heavy atom. The van der Waals surface area contributed by atoms with Crippen molar-refractivity contribution in [2.75, 3.05) is 11.1 Å². The fraction of sp³-hybridized carbons (Fsp3) is 0.304. The number of nitrogens with zero attached hydrogens (tertiary/aromatic N) is 1. The van der Waals surface area contributed by atoms with Gasteiger partial charge in [-0.3, -0.25) is 4.79 Å². The van der Waals surface area contributed by atoms with E-state index in [1.54, 1.807) is 0 Å². The maximum Gasteiger partial charge on any atom is 0.230 e. The maximum absolute atomic E-state index is 12.4. The molecule has 0 saturated heterocycles. The molecule has 0 radical (unpaired) electrons. The minimum absolute atomic E-state index is 0.0117. The molecular weight excluding hydrogens is 382 g/mol. The molecule has 0 aliphatic heterocycles. The van der Waals surface area contributed by atoms with Crippen molar-refractivity contribution in [2.24, 2.45) is 0 Å². The molecule has 1 amide bonds. The maximum atomic E-state index is 12.4. The summed E-state index contributed by atoms with van der Waals surface area (Å²) in [7, 11) is 0. The number of unbranched alkanes of at least 4 members (excludes halogenated alkanes) is 1. The molecule has 3 aromatic rings. The van der Waals surface area contributed by atoms with Crippen LogP contribution in [0.4, 0.5) is 10.8 Å². The first-order chi connectivity index (χ1) is 18.1. The summed E-state index contributed by atoms with van der Waals surface area (Å²) in [6, 6.07) is -3.26. The van der Waals surface area contributed by atoms with Gasteiger partial charge >= 0.3 is 0 Å². The first kappa shape index (κ1) is 11.5. The molecule has 5 nitrogen and oxygen atoms in total. The zero-order valence-electron chi connectivity index (χ0n) is 25.8. The monoisotopic (exact) mass is 419 g/mol. The molecule has 0 bridgehead atoms. The number of carbonyl (C=O) groups is 1. The number of benzene rings is 2. The summed E-state index contributed by atoms with van der Waals surface area (Å²) in [6.45, 7) is 1.42. The van der Waals surface area contributed by atoms with Crippen LogP contribution in [-0.2, 0) is 17.6 Å². The molecule has 0 aliphatic rings. The van der Waals surface area contributed by atoms with Gasteiger partial charge in [0, 0.05) is 11.0 Å². The van der Waals surface area contributed by atoms with Crippen molar-refractivity contribution in [2.45, 2.75) is 45.1 Å². The highest BCUT2D eigenvalue weighted by Gasteiger charge is 2.08. The van der Waals surface area contributed by atoms with Crippen LogP contribution >= 0.6 is 11.3 Å². The third kappa shape index (κ3) is 6.69. The number of amides is 1. The van der Waals surface area contributed by atoms with Crippen LogP contribution in [0.15, 0.2) is 53.7 Å². The molecule has 0 unspecified atom stereocenters. The standard InChI is InChI=1S/C23H27N3O2S/c1-16-6-10-18(11-7-16)21(27)5-3-2-4-17-8-12-19(13-9-17)25-22(28)14-20-15-29-23(24)26-20/h6-13,15,21,27H,2-5,14H2,1H3,(H2,24,26)(H,25,28)/t21-/m0/s1/i6D,7D,8D,9D,10D,11D,12D,13D,15D,21D. The van der Waals surface area contributed by atoms with Gasteiger partial charge < -0.3 is 16.2 Å². The number of anilines is 2. The van der Waals surface area contributed by atoms with Crippen LogP contribution in [0.5, 0.6) is 0 Å². The van der Waals surface area contributed by atoms with E-state index in [4.69, 9.17) is 19.4 Å². The fourth-order valence-corrected chi connectivity index (χ4v) is 2.96. The largest absolute Gasteiger partial charge is 0.388 e. The van der Waals surface area contributed by atoms with Gasteiger partial charge in [-0.15, -0.1) is 11.3 Å². The number of aromatic nitrogens is 1. The average molecular weight is 420 g/mol. The van der Waals surface area contributed by atoms with Crippen LogP contribution in [0.25, 0.3) is 0 Å². The number of rotatable bonds is 9. The molecule has 1 heterocycles. The number of nitrogens with one attached hydrogen (secondary N) is 1. The van der Waals surface area contributed by atoms with Gasteiger partial charge in [0.2, 0.25) is 5.91 Å². The Balaban J connectivity index is 1.72. The van der Waals surface area contributed by atoms with Crippen LogP contribution in [-0.4, -0.2) is 16.0 Å². The molecule has 2 aromatic carbocycles. The summed E-state index contributed by atoms with van der Waals surface area (Å²) in [4.78, 5) is 16.3. The van der Waals surface area contributed by atoms with Crippen LogP contribution in [0.2, 0.25) is 0 Å². The molecule has 1 aromatic heterocycles. The Morgan fingerprint density at radius 1 is 1.24 bits per heavy atom. The number of hydrogen-bond donors (Lipinski definition) is 3. The fourth-order valence-electron chi connectivity index (χ4n) is 2.47. The minimum atomic E-state index is -2.41. The van der Waals surface area contributed by atoms with Crippen molar-refractivity contribution >= 4 is 28.1 Å². The Morgan fingerprint density at radius 3 is 2.62 bits per heavy atom. The molecule has 3 rings (SSSR count). The van der Waals surface area contributed by atoms with Crippen LogP contribution in [0, 0.1) is 6.92 Å². The van der Waals surface area contributed by atoms with Gasteiger partial charge in [0.25, 0.3) is 0 Å². The zero-order chi connectivity index (χ0) is 29.4. The van der Waals surface area contributed by atoms with Crippen molar-refractivity contribution in [1.29, 1.82) is 0 Å². The third-order valence-electron chi connectivity index (χ3n) is 3.92. The first-order valence-electron chi connectivity index (χ1n) is 14.0. The van der Waals surface area contributed by atoms with Crippen molar-refractivity contribution in [3.63, 3.8) is 0 Å². The van der Waals surface area contributed by atoms with E-state index in [2.05, 4.69) is 10.3 Å². The van der Waals surface area contributed by atoms with E-state index in [0.717, 1.165) is 11.3 Å². The van der Waals surface area contributed by atoms with Gasteiger partial charge in [0.15, 0.2) is 5.13 Å². The topological polar surface area (TPSA) is 88.2 Å². The molecule has 0 spiro atoms. The lowest BCUT2D eigenvalue weighted by Crippen LogP contribution is -2.14. The second-order valence-electron chi connectivity index (χ2n) is 6.33. The summed E-state index contributed by atoms with van der Waals surface area (Å²) in [5.41, 5.74) is 5.13. The SMILES string of the molecule is [2H]c1sc(N)nc1CC(=O)Nc1c([2H])c([2H])c(CCCC[C@]([2H])(O)c2c([2H])c([2H])c(C)c([2H])c2[2H])c([2H])c1[2H]. The second-order valence-corrected chi connectivity index (χ2v) is 7.16. The smallest absolute Gasteiger partial charge is 0.230 e. The summed E-state index contributed by atoms with van der Waals surface area (Å²) >= 11 is 0.900. The summed E-state index contributed by atoms with van der Waals surface area (Å²) in [5, 5.41) is 13.2. The van der Waals surface area contributed by atoms with Crippen LogP contribution in [0.3, 0.4) is 0 Å². The number of aliphatic hydroxyl groups is 1. The van der Waals surface area contributed by atoms with Crippen molar-refractivity contribution in [3.05, 3.63) is 76.1 Å². The Kier molecular flexibility index (Phi) is 4.03. The van der Waals surface area contributed by atoms with E-state index in [-0.39, 0.29) is 89.3 Å². The van der Waals surface area contributed by atoms with E-state index in [0.29, 0.717) is 0 Å². The van der Waals surface area contributed by atoms with Gasteiger partial charge in [-0.2, -0.15) is 0 Å². The number of nitrogens with two attached hydrogens (primary N) is 1. The lowest BCUT2D eigenvalue weighted by atomic mass is 10.0. The number of carbonyl (C=O) groups excluding carboxylic acids is 1. The lowest BCUT2D eigenvalue weighted by Gasteiger charge is -2.11. The van der Waals surface area contributed by atoms with Gasteiger partial charge in [-0.25, -0.2) is 4.98 Å². The molecule has 0 fully saturated rings. The molecule has 0 saturated carbocycles. The Hall–Kier alpha value is -2.70. The van der Waals surface area contributed by atoms with E-state index in [1.165, 1.54) is 6.92 Å². The van der Waals surface area contributed by atoms with Gasteiger partial charge in [0.05, 0.1) is 31.9 Å². The summed E-state index contributed by atoms with van der Waals surface area (Å²) in [5.74, 6) is -0.678. The van der Waals surface area contributed by atoms with E-state index < -0.39 is 41.7 Å². The molecule has 1 atom stereocenters. The van der Waals surface area contributed by atoms with E-state index >= 15 is 0 Å². The van der Waals surface area contributed by atoms with Gasteiger partial charge in [-0.1, -0.05) is 48.2 Å². The molecule has 29 heavy (non-hydrogen) atoms. The molecule has 4 N–H and O–H groups in total. The highest BCUT2D eigenvalue weighted by Crippen LogP contribution is 2.21. The van der Waals surface area contributed by atoms with Gasteiger partial charge in [-0.05, 0) is 49.4 Å². The van der Waals surface area contributed by atoms with E-state index in [1.807, 2.05) is 0 Å². The van der Waals surface area contributed by atoms with Crippen molar-refractivity contribution in [3.8, 4) is 0 Å². The Labute approximate surface area is 189 Å².